The number of phenols is 1. The van der Waals surface area contributed by atoms with Gasteiger partial charge in [0.1, 0.15) is 11.3 Å². The third-order valence-corrected chi connectivity index (χ3v) is 2.14. The van der Waals surface area contributed by atoms with Gasteiger partial charge in [0, 0.05) is 16.6 Å². The summed E-state index contributed by atoms with van der Waals surface area (Å²) in [6, 6.07) is 4.75. The molecule has 0 saturated heterocycles. The van der Waals surface area contributed by atoms with E-state index in [1.807, 2.05) is 6.92 Å². The first-order chi connectivity index (χ1) is 6.59. The van der Waals surface area contributed by atoms with Crippen LogP contribution in [0, 0.1) is 6.92 Å². The van der Waals surface area contributed by atoms with Gasteiger partial charge in [-0.3, -0.25) is 0 Å². The summed E-state index contributed by atoms with van der Waals surface area (Å²) in [6.07, 6.45) is 0. The molecule has 4 nitrogen and oxygen atoms in total. The van der Waals surface area contributed by atoms with Crippen LogP contribution in [-0.2, 0) is 0 Å². The van der Waals surface area contributed by atoms with Crippen LogP contribution in [0.3, 0.4) is 0 Å². The van der Waals surface area contributed by atoms with Crippen molar-refractivity contribution in [3.8, 4) is 5.75 Å². The molecule has 1 aromatic carbocycles. The minimum Gasteiger partial charge on any atom is -0.506 e. The van der Waals surface area contributed by atoms with E-state index in [4.69, 9.17) is 5.11 Å². The summed E-state index contributed by atoms with van der Waals surface area (Å²) in [7, 11) is 0. The molecule has 72 valence electrons. The predicted octanol–water partition coefficient (Wildman–Crippen LogP) is 1.88. The maximum Gasteiger partial charge on any atom is 0.339 e. The number of aromatic nitrogens is 1. The first-order valence-electron chi connectivity index (χ1n) is 4.14. The van der Waals surface area contributed by atoms with Crippen molar-refractivity contribution in [2.75, 3.05) is 0 Å². The molecule has 0 aliphatic carbocycles. The Kier molecular flexibility index (Phi) is 1.70. The van der Waals surface area contributed by atoms with Gasteiger partial charge in [-0.15, -0.1) is 0 Å². The highest BCUT2D eigenvalue weighted by atomic mass is 16.4. The number of nitrogens with one attached hydrogen (secondary N) is 1. The van der Waals surface area contributed by atoms with Crippen LogP contribution >= 0.6 is 0 Å². The van der Waals surface area contributed by atoms with E-state index in [9.17, 15) is 9.90 Å². The van der Waals surface area contributed by atoms with E-state index in [-0.39, 0.29) is 11.3 Å². The Morgan fingerprint density at radius 2 is 2.14 bits per heavy atom. The molecule has 0 aliphatic heterocycles. The van der Waals surface area contributed by atoms with Crippen molar-refractivity contribution in [3.63, 3.8) is 0 Å². The molecule has 0 radical (unpaired) electrons. The smallest absolute Gasteiger partial charge is 0.339 e. The summed E-state index contributed by atoms with van der Waals surface area (Å²) in [4.78, 5) is 13.7. The van der Waals surface area contributed by atoms with Gasteiger partial charge in [-0.25, -0.2) is 4.79 Å². The predicted molar refractivity (Wildman–Crippen MR) is 51.7 cm³/mol. The molecule has 1 heterocycles. The first-order valence-corrected chi connectivity index (χ1v) is 4.14. The van der Waals surface area contributed by atoms with Gasteiger partial charge in [-0.05, 0) is 25.1 Å². The molecule has 4 heteroatoms. The minimum atomic E-state index is -1.12. The number of hydrogen-bond acceptors (Lipinski definition) is 2. The van der Waals surface area contributed by atoms with Crippen molar-refractivity contribution in [1.29, 1.82) is 0 Å². The molecule has 0 atom stereocenters. The third-order valence-electron chi connectivity index (χ3n) is 2.14. The second kappa shape index (κ2) is 2.77. The van der Waals surface area contributed by atoms with Gasteiger partial charge in [0.05, 0.1) is 0 Å². The largest absolute Gasteiger partial charge is 0.506 e. The number of aromatic hydroxyl groups is 1. The molecule has 2 rings (SSSR count). The number of benzene rings is 1. The molecule has 0 amide bonds. The van der Waals surface area contributed by atoms with Crippen LogP contribution in [0.15, 0.2) is 18.2 Å². The van der Waals surface area contributed by atoms with Crippen molar-refractivity contribution in [3.05, 3.63) is 29.5 Å². The van der Waals surface area contributed by atoms with E-state index >= 15 is 0 Å². The highest BCUT2D eigenvalue weighted by Crippen LogP contribution is 2.28. The molecule has 2 aromatic rings. The molecule has 0 fully saturated rings. The monoisotopic (exact) mass is 191 g/mol. The molecular formula is C10H9NO3. The zero-order valence-electron chi connectivity index (χ0n) is 7.53. The number of carboxylic acids is 1. The van der Waals surface area contributed by atoms with Crippen LogP contribution < -0.4 is 0 Å². The Morgan fingerprint density at radius 1 is 1.43 bits per heavy atom. The zero-order chi connectivity index (χ0) is 10.3. The second-order valence-corrected chi connectivity index (χ2v) is 3.18. The quantitative estimate of drug-likeness (QED) is 0.644. The summed E-state index contributed by atoms with van der Waals surface area (Å²) in [5.74, 6) is -1.30. The highest BCUT2D eigenvalue weighted by molar-refractivity contribution is 5.99. The number of hydrogen-bond donors (Lipinski definition) is 3. The molecule has 0 saturated carbocycles. The summed E-state index contributed by atoms with van der Waals surface area (Å²) < 4.78 is 0. The maximum atomic E-state index is 10.7. The van der Waals surface area contributed by atoms with Crippen LogP contribution in [0.4, 0.5) is 0 Å². The fraction of sp³-hybridized carbons (Fsp3) is 0.100. The average Bonchev–Trinajstić information content (AvgIpc) is 2.46. The number of carboxylic acid groups (broad SMARTS) is 1. The second-order valence-electron chi connectivity index (χ2n) is 3.18. The van der Waals surface area contributed by atoms with E-state index in [0.717, 1.165) is 11.2 Å². The molecule has 1 aromatic heterocycles. The topological polar surface area (TPSA) is 73.3 Å². The zero-order valence-corrected chi connectivity index (χ0v) is 7.53. The van der Waals surface area contributed by atoms with Crippen LogP contribution in [0.2, 0.25) is 0 Å². The summed E-state index contributed by atoms with van der Waals surface area (Å²) >= 11 is 0. The van der Waals surface area contributed by atoms with Gasteiger partial charge >= 0.3 is 5.97 Å². The van der Waals surface area contributed by atoms with Crippen LogP contribution in [-0.4, -0.2) is 21.2 Å². The lowest BCUT2D eigenvalue weighted by molar-refractivity contribution is 0.0694. The molecule has 14 heavy (non-hydrogen) atoms. The molecule has 0 bridgehead atoms. The molecular weight excluding hydrogens is 182 g/mol. The van der Waals surface area contributed by atoms with Gasteiger partial charge in [0.2, 0.25) is 0 Å². The molecule has 0 spiro atoms. The lowest BCUT2D eigenvalue weighted by Gasteiger charge is -1.99. The van der Waals surface area contributed by atoms with Crippen molar-refractivity contribution in [2.24, 2.45) is 0 Å². The molecule has 3 N–H and O–H groups in total. The molecule has 0 unspecified atom stereocenters. The number of aromatic amines is 1. The normalized spacial score (nSPS) is 10.6. The van der Waals surface area contributed by atoms with E-state index < -0.39 is 5.97 Å². The van der Waals surface area contributed by atoms with Crippen LogP contribution in [0.5, 0.6) is 5.75 Å². The van der Waals surface area contributed by atoms with Crippen molar-refractivity contribution in [2.45, 2.75) is 6.92 Å². The van der Waals surface area contributed by atoms with E-state index in [2.05, 4.69) is 4.98 Å². The average molecular weight is 191 g/mol. The summed E-state index contributed by atoms with van der Waals surface area (Å²) in [5, 5.41) is 18.9. The Bertz CT molecular complexity index is 513. The maximum absolute atomic E-state index is 10.7. The standard InChI is InChI=1S/C10H9NO3/c1-5-4-7-8(11-5)3-2-6(9(7)12)10(13)14/h2-4,11-12H,1H3,(H,13,14). The van der Waals surface area contributed by atoms with Gasteiger partial charge in [0.25, 0.3) is 0 Å². The van der Waals surface area contributed by atoms with Gasteiger partial charge < -0.3 is 15.2 Å². The van der Waals surface area contributed by atoms with Gasteiger partial charge in [-0.1, -0.05) is 0 Å². The number of aromatic carboxylic acids is 1. The van der Waals surface area contributed by atoms with Crippen LogP contribution in [0.25, 0.3) is 10.9 Å². The van der Waals surface area contributed by atoms with Crippen LogP contribution in [0.1, 0.15) is 16.1 Å². The SMILES string of the molecule is Cc1cc2c(O)c(C(=O)O)ccc2[nH]1. The lowest BCUT2D eigenvalue weighted by Crippen LogP contribution is -1.96. The number of rotatable bonds is 1. The lowest BCUT2D eigenvalue weighted by atomic mass is 10.1. The number of H-pyrrole nitrogens is 1. The number of carbonyl (C=O) groups is 1. The Morgan fingerprint density at radius 3 is 2.79 bits per heavy atom. The summed E-state index contributed by atoms with van der Waals surface area (Å²) in [5.41, 5.74) is 1.55. The van der Waals surface area contributed by atoms with Gasteiger partial charge in [-0.2, -0.15) is 0 Å². The Labute approximate surface area is 79.8 Å². The van der Waals surface area contributed by atoms with Crippen molar-refractivity contribution in [1.82, 2.24) is 4.98 Å². The van der Waals surface area contributed by atoms with Gasteiger partial charge in [0.15, 0.2) is 0 Å². The highest BCUT2D eigenvalue weighted by Gasteiger charge is 2.13. The fourth-order valence-electron chi connectivity index (χ4n) is 1.50. The van der Waals surface area contributed by atoms with E-state index in [1.54, 1.807) is 12.1 Å². The fourth-order valence-corrected chi connectivity index (χ4v) is 1.50. The Hall–Kier alpha value is -1.97. The van der Waals surface area contributed by atoms with Crippen molar-refractivity contribution < 1.29 is 15.0 Å². The summed E-state index contributed by atoms with van der Waals surface area (Å²) in [6.45, 7) is 1.85. The van der Waals surface area contributed by atoms with Crippen molar-refractivity contribution >= 4 is 16.9 Å². The first kappa shape index (κ1) is 8.62. The van der Waals surface area contributed by atoms with E-state index in [1.165, 1.54) is 6.07 Å². The number of aryl methyl sites for hydroxylation is 1. The minimum absolute atomic E-state index is 0.0727. The molecule has 0 aliphatic rings. The number of fused-ring (bicyclic) bond motifs is 1. The third kappa shape index (κ3) is 1.12. The van der Waals surface area contributed by atoms with E-state index in [0.29, 0.717) is 5.39 Å². The Balaban J connectivity index is 2.80.